The van der Waals surface area contributed by atoms with E-state index in [1.165, 1.54) is 11.8 Å². The van der Waals surface area contributed by atoms with E-state index in [9.17, 15) is 13.2 Å². The summed E-state index contributed by atoms with van der Waals surface area (Å²) in [6.45, 7) is 0.393. The van der Waals surface area contributed by atoms with Crippen LogP contribution >= 0.6 is 11.8 Å². The SMILES string of the molecule is O=C(NC(c1ccccc1)C1CC1)c1ccc2c(c1)SC1=NS(=O)(=O)CCN12. The van der Waals surface area contributed by atoms with E-state index in [0.717, 1.165) is 29.0 Å². The molecule has 2 aromatic rings. The zero-order valence-corrected chi connectivity index (χ0v) is 16.7. The molecule has 0 radical (unpaired) electrons. The summed E-state index contributed by atoms with van der Waals surface area (Å²) in [4.78, 5) is 15.7. The molecule has 1 saturated carbocycles. The van der Waals surface area contributed by atoms with E-state index in [-0.39, 0.29) is 17.7 Å². The first-order valence-electron chi connectivity index (χ1n) is 9.28. The number of hydrogen-bond donors (Lipinski definition) is 1. The van der Waals surface area contributed by atoms with Crippen molar-refractivity contribution in [1.82, 2.24) is 5.32 Å². The normalized spacial score (nSPS) is 20.7. The zero-order valence-electron chi connectivity index (χ0n) is 15.0. The Morgan fingerprint density at radius 2 is 1.96 bits per heavy atom. The van der Waals surface area contributed by atoms with Gasteiger partial charge in [0.1, 0.15) is 0 Å². The third kappa shape index (κ3) is 3.31. The van der Waals surface area contributed by atoms with E-state index in [4.69, 9.17) is 0 Å². The highest BCUT2D eigenvalue weighted by Crippen LogP contribution is 2.43. The highest BCUT2D eigenvalue weighted by Gasteiger charge is 2.35. The first kappa shape index (κ1) is 17.8. The molecular formula is C20H19N3O3S2. The van der Waals surface area contributed by atoms with Gasteiger partial charge in [0.25, 0.3) is 15.9 Å². The number of benzene rings is 2. The molecule has 1 fully saturated rings. The average molecular weight is 414 g/mol. The molecular weight excluding hydrogens is 394 g/mol. The molecule has 0 aromatic heterocycles. The minimum absolute atomic E-state index is 0.0128. The van der Waals surface area contributed by atoms with Crippen molar-refractivity contribution in [2.24, 2.45) is 10.3 Å². The number of carbonyl (C=O) groups excluding carboxylic acids is 1. The molecule has 6 nitrogen and oxygen atoms in total. The highest BCUT2D eigenvalue weighted by atomic mass is 32.2. The van der Waals surface area contributed by atoms with Gasteiger partial charge in [-0.1, -0.05) is 30.3 Å². The summed E-state index contributed by atoms with van der Waals surface area (Å²) < 4.78 is 27.4. The van der Waals surface area contributed by atoms with E-state index in [0.29, 0.717) is 23.2 Å². The lowest BCUT2D eigenvalue weighted by Gasteiger charge is -2.22. The van der Waals surface area contributed by atoms with Crippen LogP contribution in [0.4, 0.5) is 5.69 Å². The smallest absolute Gasteiger partial charge is 0.257 e. The number of thioether (sulfide) groups is 1. The van der Waals surface area contributed by atoms with Gasteiger partial charge in [-0.15, -0.1) is 4.40 Å². The van der Waals surface area contributed by atoms with Crippen molar-refractivity contribution in [1.29, 1.82) is 0 Å². The molecule has 8 heteroatoms. The predicted molar refractivity (Wildman–Crippen MR) is 110 cm³/mol. The molecule has 1 unspecified atom stereocenters. The van der Waals surface area contributed by atoms with E-state index >= 15 is 0 Å². The van der Waals surface area contributed by atoms with Gasteiger partial charge in [0.05, 0.1) is 17.5 Å². The van der Waals surface area contributed by atoms with Gasteiger partial charge in [0, 0.05) is 17.0 Å². The third-order valence-electron chi connectivity index (χ3n) is 5.27. The fourth-order valence-electron chi connectivity index (χ4n) is 3.66. The number of sulfonamides is 1. The van der Waals surface area contributed by atoms with Crippen LogP contribution in [0.2, 0.25) is 0 Å². The number of rotatable bonds is 4. The van der Waals surface area contributed by atoms with Crippen LogP contribution in [0, 0.1) is 5.92 Å². The van der Waals surface area contributed by atoms with Gasteiger partial charge in [-0.3, -0.25) is 4.79 Å². The summed E-state index contributed by atoms with van der Waals surface area (Å²) in [6.07, 6.45) is 2.26. The van der Waals surface area contributed by atoms with Crippen molar-refractivity contribution in [3.8, 4) is 0 Å². The number of hydrogen-bond acceptors (Lipinski definition) is 5. The zero-order chi connectivity index (χ0) is 19.3. The molecule has 2 aliphatic heterocycles. The second kappa shape index (κ2) is 6.63. The molecule has 1 amide bonds. The van der Waals surface area contributed by atoms with Crippen LogP contribution in [0.25, 0.3) is 0 Å². The minimum atomic E-state index is -3.38. The molecule has 1 atom stereocenters. The quantitative estimate of drug-likeness (QED) is 0.833. The average Bonchev–Trinajstić information content (AvgIpc) is 3.46. The molecule has 1 aliphatic carbocycles. The van der Waals surface area contributed by atoms with Crippen molar-refractivity contribution in [3.05, 3.63) is 59.7 Å². The first-order chi connectivity index (χ1) is 13.5. The van der Waals surface area contributed by atoms with Crippen LogP contribution in [-0.2, 0) is 10.0 Å². The summed E-state index contributed by atoms with van der Waals surface area (Å²) in [5, 5.41) is 3.66. The van der Waals surface area contributed by atoms with E-state index in [2.05, 4.69) is 21.8 Å². The highest BCUT2D eigenvalue weighted by molar-refractivity contribution is 8.15. The molecule has 0 spiro atoms. The Morgan fingerprint density at radius 1 is 1.18 bits per heavy atom. The molecule has 5 rings (SSSR count). The van der Waals surface area contributed by atoms with E-state index < -0.39 is 10.0 Å². The minimum Gasteiger partial charge on any atom is -0.345 e. The summed E-state index contributed by atoms with van der Waals surface area (Å²) in [5.74, 6) is 0.395. The Hall–Kier alpha value is -2.32. The molecule has 2 heterocycles. The van der Waals surface area contributed by atoms with Gasteiger partial charge in [-0.2, -0.15) is 0 Å². The van der Waals surface area contributed by atoms with Crippen LogP contribution in [-0.4, -0.2) is 31.8 Å². The molecule has 28 heavy (non-hydrogen) atoms. The van der Waals surface area contributed by atoms with Crippen LogP contribution in [0.15, 0.2) is 57.8 Å². The maximum absolute atomic E-state index is 12.9. The monoisotopic (exact) mass is 413 g/mol. The van der Waals surface area contributed by atoms with Crippen LogP contribution in [0.3, 0.4) is 0 Å². The Bertz CT molecular complexity index is 1080. The molecule has 1 N–H and O–H groups in total. The maximum atomic E-state index is 12.9. The fraction of sp³-hybridized carbons (Fsp3) is 0.300. The van der Waals surface area contributed by atoms with Gasteiger partial charge in [-0.05, 0) is 54.3 Å². The number of nitrogens with one attached hydrogen (secondary N) is 1. The molecule has 3 aliphatic rings. The Labute approximate surface area is 168 Å². The summed E-state index contributed by atoms with van der Waals surface area (Å²) >= 11 is 1.30. The number of anilines is 1. The topological polar surface area (TPSA) is 78.8 Å². The maximum Gasteiger partial charge on any atom is 0.257 e. The Morgan fingerprint density at radius 3 is 2.71 bits per heavy atom. The lowest BCUT2D eigenvalue weighted by atomic mass is 10.0. The van der Waals surface area contributed by atoms with Gasteiger partial charge < -0.3 is 10.2 Å². The number of fused-ring (bicyclic) bond motifs is 3. The van der Waals surface area contributed by atoms with E-state index in [1.807, 2.05) is 35.2 Å². The van der Waals surface area contributed by atoms with Crippen LogP contribution in [0.1, 0.15) is 34.8 Å². The van der Waals surface area contributed by atoms with Gasteiger partial charge in [0.15, 0.2) is 5.17 Å². The number of amidine groups is 1. The van der Waals surface area contributed by atoms with Crippen molar-refractivity contribution in [3.63, 3.8) is 0 Å². The summed E-state index contributed by atoms with van der Waals surface area (Å²) in [5.41, 5.74) is 2.62. The van der Waals surface area contributed by atoms with Crippen molar-refractivity contribution >= 4 is 38.5 Å². The number of carbonyl (C=O) groups is 1. The third-order valence-corrected chi connectivity index (χ3v) is 7.58. The predicted octanol–water partition coefficient (Wildman–Crippen LogP) is 3.18. The van der Waals surface area contributed by atoms with Crippen molar-refractivity contribution in [2.75, 3.05) is 17.2 Å². The summed E-state index contributed by atoms with van der Waals surface area (Å²) in [6, 6.07) is 15.6. The standard InChI is InChI=1S/C20H19N3O3S2/c24-19(21-18(14-6-7-14)13-4-2-1-3-5-13)15-8-9-16-17(12-15)27-20-22-28(25,26)11-10-23(16)20/h1-5,8-9,12,14,18H,6-7,10-11H2,(H,21,24). The summed E-state index contributed by atoms with van der Waals surface area (Å²) in [7, 11) is -3.38. The second-order valence-electron chi connectivity index (χ2n) is 7.30. The lowest BCUT2D eigenvalue weighted by Crippen LogP contribution is -2.35. The van der Waals surface area contributed by atoms with Crippen LogP contribution < -0.4 is 10.2 Å². The molecule has 0 bridgehead atoms. The first-order valence-corrected chi connectivity index (χ1v) is 11.7. The fourth-order valence-corrected chi connectivity index (χ4v) is 5.96. The number of nitrogens with zero attached hydrogens (tertiary/aromatic N) is 2. The lowest BCUT2D eigenvalue weighted by molar-refractivity contribution is 0.0931. The largest absolute Gasteiger partial charge is 0.345 e. The molecule has 144 valence electrons. The number of amides is 1. The van der Waals surface area contributed by atoms with Gasteiger partial charge in [-0.25, -0.2) is 8.42 Å². The van der Waals surface area contributed by atoms with Gasteiger partial charge in [0.2, 0.25) is 0 Å². The van der Waals surface area contributed by atoms with Gasteiger partial charge >= 0.3 is 0 Å². The second-order valence-corrected chi connectivity index (χ2v) is 10.1. The van der Waals surface area contributed by atoms with Crippen LogP contribution in [0.5, 0.6) is 0 Å². The Kier molecular flexibility index (Phi) is 4.21. The van der Waals surface area contributed by atoms with E-state index in [1.54, 1.807) is 6.07 Å². The molecule has 2 aromatic carbocycles. The molecule has 0 saturated heterocycles. The van der Waals surface area contributed by atoms with Crippen molar-refractivity contribution in [2.45, 2.75) is 23.8 Å². The Balaban J connectivity index is 1.39. The van der Waals surface area contributed by atoms with Crippen molar-refractivity contribution < 1.29 is 13.2 Å².